The Balaban J connectivity index is 1.56. The smallest absolute Gasteiger partial charge is 0.164 e. The first-order valence-electron chi connectivity index (χ1n) is 12.0. The van der Waals surface area contributed by atoms with Crippen molar-refractivity contribution in [3.63, 3.8) is 0 Å². The molecule has 2 aromatic heterocycles. The number of nitrogens with zero attached hydrogens (tertiary/aromatic N) is 3. The van der Waals surface area contributed by atoms with Crippen LogP contribution in [0, 0.1) is 0 Å². The average molecular weight is 486 g/mol. The Labute approximate surface area is 212 Å². The highest BCUT2D eigenvalue weighted by Crippen LogP contribution is 2.36. The van der Waals surface area contributed by atoms with Crippen LogP contribution in [0.15, 0.2) is 101 Å². The van der Waals surface area contributed by atoms with Gasteiger partial charge < -0.3 is 4.42 Å². The van der Waals surface area contributed by atoms with E-state index in [-0.39, 0.29) is 0 Å². The van der Waals surface area contributed by atoms with E-state index in [1.165, 1.54) is 0 Å². The van der Waals surface area contributed by atoms with Crippen molar-refractivity contribution in [2.24, 2.45) is 0 Å². The number of fused-ring (bicyclic) bond motifs is 4. The normalized spacial score (nSPS) is 13.4. The zero-order valence-electron chi connectivity index (χ0n) is 19.3. The van der Waals surface area contributed by atoms with Gasteiger partial charge in [-0.25, -0.2) is 15.0 Å². The maximum absolute atomic E-state index is 6.60. The number of hydrogen-bond acceptors (Lipinski definition) is 4. The van der Waals surface area contributed by atoms with Gasteiger partial charge in [-0.2, -0.15) is 0 Å². The zero-order chi connectivity index (χ0) is 24.1. The van der Waals surface area contributed by atoms with Crippen LogP contribution in [0.3, 0.4) is 0 Å². The predicted octanol–water partition coefficient (Wildman–Crippen LogP) is 6.44. The topological polar surface area (TPSA) is 51.8 Å². The summed E-state index contributed by atoms with van der Waals surface area (Å²) < 4.78 is 6.14. The van der Waals surface area contributed by atoms with Gasteiger partial charge in [0.25, 0.3) is 0 Å². The minimum atomic E-state index is 0.627. The molecule has 2 heterocycles. The highest BCUT2D eigenvalue weighted by atomic mass is 35.5. The first kappa shape index (κ1) is 21.0. The molecule has 0 spiro atoms. The molecule has 0 fully saturated rings. The second-order valence-corrected chi connectivity index (χ2v) is 9.33. The van der Waals surface area contributed by atoms with Gasteiger partial charge in [-0.1, -0.05) is 96.5 Å². The van der Waals surface area contributed by atoms with Crippen molar-refractivity contribution in [1.82, 2.24) is 15.0 Å². The summed E-state index contributed by atoms with van der Waals surface area (Å²) in [6.45, 7) is 0. The maximum atomic E-state index is 6.60. The molecule has 4 nitrogen and oxygen atoms in total. The summed E-state index contributed by atoms with van der Waals surface area (Å²) in [5.74, 6) is 1.95. The van der Waals surface area contributed by atoms with Crippen LogP contribution < -0.4 is 10.4 Å². The van der Waals surface area contributed by atoms with Crippen molar-refractivity contribution in [2.75, 3.05) is 0 Å². The average Bonchev–Trinajstić information content (AvgIpc) is 3.33. The van der Waals surface area contributed by atoms with Gasteiger partial charge in [0.1, 0.15) is 11.2 Å². The lowest BCUT2D eigenvalue weighted by molar-refractivity contribution is 0.669. The number of benzene rings is 4. The summed E-state index contributed by atoms with van der Waals surface area (Å²) >= 11 is 6.60. The summed E-state index contributed by atoms with van der Waals surface area (Å²) in [7, 11) is 0. The Morgan fingerprint density at radius 1 is 0.583 bits per heavy atom. The molecular weight excluding hydrogens is 466 g/mol. The third-order valence-corrected chi connectivity index (χ3v) is 7.11. The molecular formula is C31H20ClN3O. The van der Waals surface area contributed by atoms with Crippen LogP contribution in [0.2, 0.25) is 0 Å². The molecule has 0 N–H and O–H groups in total. The predicted molar refractivity (Wildman–Crippen MR) is 145 cm³/mol. The van der Waals surface area contributed by atoms with E-state index in [1.54, 1.807) is 0 Å². The second-order valence-electron chi connectivity index (χ2n) is 8.88. The highest BCUT2D eigenvalue weighted by molar-refractivity contribution is 6.45. The van der Waals surface area contributed by atoms with Gasteiger partial charge in [0.2, 0.25) is 0 Å². The summed E-state index contributed by atoms with van der Waals surface area (Å²) in [5, 5.41) is 5.06. The molecule has 0 bridgehead atoms. The van der Waals surface area contributed by atoms with Crippen LogP contribution in [-0.2, 0) is 0 Å². The summed E-state index contributed by atoms with van der Waals surface area (Å²) in [5.41, 5.74) is 4.61. The number of hydrogen-bond donors (Lipinski definition) is 0. The lowest BCUT2D eigenvalue weighted by atomic mass is 9.98. The van der Waals surface area contributed by atoms with Crippen molar-refractivity contribution in [3.8, 4) is 22.8 Å². The molecule has 0 amide bonds. The van der Waals surface area contributed by atoms with Crippen LogP contribution in [0.25, 0.3) is 55.3 Å². The molecule has 0 saturated carbocycles. The Hall–Kier alpha value is -4.28. The lowest BCUT2D eigenvalue weighted by Crippen LogP contribution is -2.31. The van der Waals surface area contributed by atoms with E-state index in [4.69, 9.17) is 31.0 Å². The summed E-state index contributed by atoms with van der Waals surface area (Å²) in [6, 6.07) is 32.4. The van der Waals surface area contributed by atoms with Crippen molar-refractivity contribution in [2.45, 2.75) is 12.8 Å². The van der Waals surface area contributed by atoms with E-state index in [1.807, 2.05) is 72.8 Å². The molecule has 7 rings (SSSR count). The van der Waals surface area contributed by atoms with E-state index in [2.05, 4.69) is 24.3 Å². The lowest BCUT2D eigenvalue weighted by Gasteiger charge is -2.14. The second kappa shape index (κ2) is 8.43. The van der Waals surface area contributed by atoms with Gasteiger partial charge in [0, 0.05) is 32.5 Å². The van der Waals surface area contributed by atoms with Crippen LogP contribution >= 0.6 is 11.6 Å². The monoisotopic (exact) mass is 485 g/mol. The number of furan rings is 1. The Morgan fingerprint density at radius 3 is 2.17 bits per heavy atom. The fourth-order valence-electron chi connectivity index (χ4n) is 5.03. The molecule has 36 heavy (non-hydrogen) atoms. The standard InChI is InChI=1S/C31H20ClN3O/c32-25-18-17-22(20-11-4-5-12-21(20)25)30-33-29(19-9-2-1-3-10-19)34-31(35-30)24-14-8-16-27-28(24)23-13-6-7-15-26(23)36-27/h1-16H,17-18H2. The molecule has 4 aromatic carbocycles. The van der Waals surface area contributed by atoms with Crippen molar-refractivity contribution >= 4 is 44.1 Å². The van der Waals surface area contributed by atoms with Gasteiger partial charge in [0.05, 0.1) is 0 Å². The van der Waals surface area contributed by atoms with Crippen LogP contribution in [-0.4, -0.2) is 15.0 Å². The van der Waals surface area contributed by atoms with E-state index in [0.717, 1.165) is 66.9 Å². The number of rotatable bonds is 3. The maximum Gasteiger partial charge on any atom is 0.164 e. The van der Waals surface area contributed by atoms with Crippen molar-refractivity contribution < 1.29 is 4.42 Å². The fraction of sp³-hybridized carbons (Fsp3) is 0.0645. The molecule has 0 atom stereocenters. The Bertz CT molecular complexity index is 1910. The van der Waals surface area contributed by atoms with Crippen LogP contribution in [0.4, 0.5) is 0 Å². The molecule has 172 valence electrons. The summed E-state index contributed by atoms with van der Waals surface area (Å²) in [6.07, 6.45) is 1.53. The molecule has 1 aliphatic carbocycles. The van der Waals surface area contributed by atoms with E-state index in [9.17, 15) is 0 Å². The van der Waals surface area contributed by atoms with Crippen LogP contribution in [0.1, 0.15) is 18.7 Å². The minimum absolute atomic E-state index is 0.627. The highest BCUT2D eigenvalue weighted by Gasteiger charge is 2.20. The largest absolute Gasteiger partial charge is 0.456 e. The van der Waals surface area contributed by atoms with Gasteiger partial charge in [-0.15, -0.1) is 0 Å². The van der Waals surface area contributed by atoms with Gasteiger partial charge >= 0.3 is 0 Å². The van der Waals surface area contributed by atoms with E-state index < -0.39 is 0 Å². The number of aromatic nitrogens is 3. The third-order valence-electron chi connectivity index (χ3n) is 6.72. The molecule has 6 aromatic rings. The third kappa shape index (κ3) is 3.42. The Morgan fingerprint density at radius 2 is 1.28 bits per heavy atom. The van der Waals surface area contributed by atoms with E-state index >= 15 is 0 Å². The molecule has 0 radical (unpaired) electrons. The molecule has 0 saturated heterocycles. The van der Waals surface area contributed by atoms with Crippen LogP contribution in [0.5, 0.6) is 0 Å². The van der Waals surface area contributed by atoms with Crippen molar-refractivity contribution in [3.05, 3.63) is 113 Å². The summed E-state index contributed by atoms with van der Waals surface area (Å²) in [4.78, 5) is 15.0. The molecule has 1 aliphatic rings. The molecule has 5 heteroatoms. The van der Waals surface area contributed by atoms with Gasteiger partial charge in [-0.05, 0) is 35.4 Å². The minimum Gasteiger partial charge on any atom is -0.456 e. The SMILES string of the molecule is ClC1=c2ccccc2=C(c2nc(-c3ccccc3)nc(-c3cccc4oc5ccccc5c34)n2)CC1. The number of para-hydroxylation sites is 1. The molecule has 0 aliphatic heterocycles. The van der Waals surface area contributed by atoms with Crippen molar-refractivity contribution in [1.29, 1.82) is 0 Å². The van der Waals surface area contributed by atoms with Gasteiger partial charge in [0.15, 0.2) is 17.5 Å². The first-order valence-corrected chi connectivity index (χ1v) is 12.3. The quantitative estimate of drug-likeness (QED) is 0.289. The van der Waals surface area contributed by atoms with Gasteiger partial charge in [-0.3, -0.25) is 0 Å². The fourth-order valence-corrected chi connectivity index (χ4v) is 5.29. The van der Waals surface area contributed by atoms with E-state index in [0.29, 0.717) is 17.5 Å². The first-order chi connectivity index (χ1) is 17.8. The molecule has 0 unspecified atom stereocenters. The number of halogens is 1. The Kier molecular flexibility index (Phi) is 4.93. The zero-order valence-corrected chi connectivity index (χ0v) is 20.0.